The Bertz CT molecular complexity index is 399. The van der Waals surface area contributed by atoms with E-state index in [1.807, 2.05) is 20.8 Å². The highest BCUT2D eigenvalue weighted by atomic mass is 19.3. The van der Waals surface area contributed by atoms with Crippen molar-refractivity contribution in [3.63, 3.8) is 0 Å². The molecule has 1 spiro atoms. The summed E-state index contributed by atoms with van der Waals surface area (Å²) >= 11 is 0. The van der Waals surface area contributed by atoms with E-state index in [-0.39, 0.29) is 24.4 Å². The van der Waals surface area contributed by atoms with Gasteiger partial charge in [0.05, 0.1) is 0 Å². The predicted molar refractivity (Wildman–Crippen MR) is 82.5 cm³/mol. The lowest BCUT2D eigenvalue weighted by Crippen LogP contribution is -2.48. The highest BCUT2D eigenvalue weighted by molar-refractivity contribution is 5.11. The summed E-state index contributed by atoms with van der Waals surface area (Å²) in [5, 5.41) is 35.9. The van der Waals surface area contributed by atoms with Crippen LogP contribution in [0.4, 0.5) is 8.78 Å². The van der Waals surface area contributed by atoms with Crippen LogP contribution in [0.15, 0.2) is 0 Å². The third kappa shape index (κ3) is 5.32. The summed E-state index contributed by atoms with van der Waals surface area (Å²) in [6.45, 7) is 8.62. The first kappa shape index (κ1) is 20.7. The van der Waals surface area contributed by atoms with Crippen molar-refractivity contribution in [2.24, 2.45) is 11.3 Å². The van der Waals surface area contributed by atoms with Crippen LogP contribution in [0.1, 0.15) is 60.3 Å². The monoisotopic (exact) mass is 339 g/mol. The Kier molecular flexibility index (Phi) is 5.87. The van der Waals surface area contributed by atoms with E-state index in [0.29, 0.717) is 6.42 Å². The molecule has 0 aromatic rings. The molecular formula is C16H31F2NO4. The Labute approximate surface area is 136 Å². The first-order chi connectivity index (χ1) is 10.3. The quantitative estimate of drug-likeness (QED) is 0.578. The van der Waals surface area contributed by atoms with E-state index in [4.69, 9.17) is 10.2 Å². The minimum Gasteiger partial charge on any atom is -0.366 e. The lowest BCUT2D eigenvalue weighted by Gasteiger charge is -2.31. The molecule has 0 aromatic heterocycles. The average molecular weight is 339 g/mol. The fourth-order valence-corrected chi connectivity index (χ4v) is 3.13. The molecule has 3 fully saturated rings. The Balaban J connectivity index is 0.000000327. The number of hydrogen-bond donors (Lipinski definition) is 4. The second kappa shape index (κ2) is 6.52. The Hall–Kier alpha value is -0.340. The van der Waals surface area contributed by atoms with Crippen molar-refractivity contribution in [3.8, 4) is 0 Å². The smallest absolute Gasteiger partial charge is 0.252 e. The maximum Gasteiger partial charge on any atom is 0.252 e. The largest absolute Gasteiger partial charge is 0.366 e. The molecular weight excluding hydrogens is 308 g/mol. The van der Waals surface area contributed by atoms with Crippen LogP contribution in [0.25, 0.3) is 0 Å². The van der Waals surface area contributed by atoms with Gasteiger partial charge in [-0.15, -0.1) is 0 Å². The molecule has 2 aliphatic carbocycles. The summed E-state index contributed by atoms with van der Waals surface area (Å²) in [5.74, 6) is -6.66. The number of likely N-dealkylation sites (tertiary alicyclic amines) is 1. The van der Waals surface area contributed by atoms with Gasteiger partial charge < -0.3 is 20.4 Å². The Morgan fingerprint density at radius 3 is 1.78 bits per heavy atom. The van der Waals surface area contributed by atoms with Gasteiger partial charge >= 0.3 is 0 Å². The zero-order valence-corrected chi connectivity index (χ0v) is 14.7. The van der Waals surface area contributed by atoms with Gasteiger partial charge in [-0.2, -0.15) is 0 Å². The molecule has 0 aromatic carbocycles. The van der Waals surface area contributed by atoms with Crippen molar-refractivity contribution in [1.82, 2.24) is 4.90 Å². The topological polar surface area (TPSA) is 84.2 Å². The van der Waals surface area contributed by atoms with Gasteiger partial charge in [0.15, 0.2) is 5.79 Å². The van der Waals surface area contributed by atoms with E-state index in [2.05, 4.69) is 0 Å². The van der Waals surface area contributed by atoms with Gasteiger partial charge in [-0.1, -0.05) is 13.8 Å². The van der Waals surface area contributed by atoms with Crippen LogP contribution in [-0.2, 0) is 0 Å². The molecule has 3 rings (SSSR count). The zero-order valence-electron chi connectivity index (χ0n) is 14.7. The van der Waals surface area contributed by atoms with Gasteiger partial charge in [0.1, 0.15) is 0 Å². The molecule has 4 N–H and O–H groups in total. The third-order valence-corrected chi connectivity index (χ3v) is 4.67. The maximum absolute atomic E-state index is 12.8. The van der Waals surface area contributed by atoms with E-state index in [0.717, 1.165) is 12.8 Å². The number of nitrogens with zero attached hydrogens (tertiary/aromatic N) is 1. The Morgan fingerprint density at radius 1 is 1.13 bits per heavy atom. The highest BCUT2D eigenvalue weighted by Gasteiger charge is 2.66. The molecule has 1 saturated heterocycles. The predicted octanol–water partition coefficient (Wildman–Crippen LogP) is 1.89. The molecule has 1 aliphatic heterocycles. The molecule has 5 nitrogen and oxygen atoms in total. The van der Waals surface area contributed by atoms with Crippen LogP contribution in [0.2, 0.25) is 0 Å². The fourth-order valence-electron chi connectivity index (χ4n) is 3.13. The van der Waals surface area contributed by atoms with Crippen molar-refractivity contribution < 1.29 is 29.2 Å². The van der Waals surface area contributed by atoms with Crippen LogP contribution in [0.5, 0.6) is 0 Å². The van der Waals surface area contributed by atoms with Crippen molar-refractivity contribution >= 4 is 0 Å². The third-order valence-electron chi connectivity index (χ3n) is 4.67. The zero-order chi connectivity index (χ0) is 18.3. The van der Waals surface area contributed by atoms with Crippen LogP contribution in [-0.4, -0.2) is 55.5 Å². The van der Waals surface area contributed by atoms with Gasteiger partial charge in [0, 0.05) is 31.3 Å². The maximum atomic E-state index is 12.8. The second-order valence-electron chi connectivity index (χ2n) is 7.30. The van der Waals surface area contributed by atoms with Crippen LogP contribution in [0, 0.1) is 11.3 Å². The summed E-state index contributed by atoms with van der Waals surface area (Å²) < 4.78 is 25.7. The number of rotatable bonds is 2. The van der Waals surface area contributed by atoms with E-state index >= 15 is 0 Å². The number of halogens is 2. The van der Waals surface area contributed by atoms with E-state index in [1.165, 1.54) is 18.7 Å². The lowest BCUT2D eigenvalue weighted by atomic mass is 9.98. The molecule has 0 bridgehead atoms. The summed E-state index contributed by atoms with van der Waals surface area (Å²) in [6, 6.07) is -0.00102. The molecule has 0 radical (unpaired) electrons. The van der Waals surface area contributed by atoms with Gasteiger partial charge in [-0.05, 0) is 39.0 Å². The lowest BCUT2D eigenvalue weighted by molar-refractivity contribution is -0.252. The highest BCUT2D eigenvalue weighted by Crippen LogP contribution is 2.62. The molecule has 2 saturated carbocycles. The van der Waals surface area contributed by atoms with Crippen molar-refractivity contribution in [2.45, 2.75) is 84.0 Å². The van der Waals surface area contributed by atoms with Gasteiger partial charge in [0.25, 0.3) is 5.92 Å². The molecule has 1 heterocycles. The summed E-state index contributed by atoms with van der Waals surface area (Å²) in [5.41, 5.74) is -0.0202. The first-order valence-electron chi connectivity index (χ1n) is 8.31. The van der Waals surface area contributed by atoms with Crippen LogP contribution < -0.4 is 0 Å². The number of alkyl halides is 2. The SMILES string of the molecule is CC.CC(C)(O)O.CC1N(CC2CC2(F)F)C(O)(O)CC12CC2. The van der Waals surface area contributed by atoms with Crippen molar-refractivity contribution in [3.05, 3.63) is 0 Å². The molecule has 138 valence electrons. The molecule has 2 atom stereocenters. The molecule has 7 heteroatoms. The Morgan fingerprint density at radius 2 is 1.52 bits per heavy atom. The average Bonchev–Trinajstić information content (AvgIpc) is 3.23. The molecule has 3 aliphatic rings. The minimum atomic E-state index is -2.59. The van der Waals surface area contributed by atoms with Gasteiger partial charge in [-0.25, -0.2) is 13.7 Å². The van der Waals surface area contributed by atoms with Crippen molar-refractivity contribution in [1.29, 1.82) is 0 Å². The van der Waals surface area contributed by atoms with Crippen LogP contribution in [0.3, 0.4) is 0 Å². The minimum absolute atomic E-state index is 0.00102. The van der Waals surface area contributed by atoms with E-state index in [1.54, 1.807) is 0 Å². The molecule has 23 heavy (non-hydrogen) atoms. The second-order valence-corrected chi connectivity index (χ2v) is 7.30. The van der Waals surface area contributed by atoms with Crippen LogP contribution >= 0.6 is 0 Å². The summed E-state index contributed by atoms with van der Waals surface area (Å²) in [7, 11) is 0. The molecule has 0 amide bonds. The number of aliphatic hydroxyl groups is 4. The molecule has 2 unspecified atom stereocenters. The first-order valence-corrected chi connectivity index (χ1v) is 8.31. The van der Waals surface area contributed by atoms with E-state index in [9.17, 15) is 19.0 Å². The van der Waals surface area contributed by atoms with E-state index < -0.39 is 23.5 Å². The fraction of sp³-hybridized carbons (Fsp3) is 1.00. The van der Waals surface area contributed by atoms with Crippen molar-refractivity contribution in [2.75, 3.05) is 6.54 Å². The normalized spacial score (nSPS) is 32.5. The summed E-state index contributed by atoms with van der Waals surface area (Å²) in [6.07, 6.45) is 2.15. The summed E-state index contributed by atoms with van der Waals surface area (Å²) in [4.78, 5) is 1.46. The van der Waals surface area contributed by atoms with Gasteiger partial charge in [-0.3, -0.25) is 0 Å². The van der Waals surface area contributed by atoms with Gasteiger partial charge in [0.2, 0.25) is 5.91 Å². The standard InChI is InChI=1S/C11H17F2NO2.C3H8O2.C2H6/c1-7-9(2-3-9)6-11(15,16)14(7)5-8-4-10(8,12)13;1-3(2,4)5;1-2/h7-8,15-16H,2-6H2,1H3;4-5H,1-2H3;1-2H3. The number of hydrogen-bond acceptors (Lipinski definition) is 5.